The molecule has 0 aromatic heterocycles. The van der Waals surface area contributed by atoms with E-state index in [1.165, 1.54) is 28.4 Å². The van der Waals surface area contributed by atoms with Gasteiger partial charge in [0.15, 0.2) is 0 Å². The van der Waals surface area contributed by atoms with E-state index in [1.807, 2.05) is 37.3 Å². The highest BCUT2D eigenvalue weighted by atomic mass is 32.2. The van der Waals surface area contributed by atoms with Gasteiger partial charge in [-0.05, 0) is 11.3 Å². The van der Waals surface area contributed by atoms with E-state index < -0.39 is 12.0 Å². The molecule has 2 aliphatic heterocycles. The van der Waals surface area contributed by atoms with Gasteiger partial charge in [0.2, 0.25) is 5.91 Å². The van der Waals surface area contributed by atoms with Crippen molar-refractivity contribution in [3.05, 3.63) is 46.5 Å². The second-order valence-electron chi connectivity index (χ2n) is 5.63. The number of benzene rings is 1. The van der Waals surface area contributed by atoms with Gasteiger partial charge in [-0.25, -0.2) is 4.79 Å². The number of β-lactam (4-membered cyclic amide) rings is 1. The molecule has 1 fully saturated rings. The quantitative estimate of drug-likeness (QED) is 0.733. The summed E-state index contributed by atoms with van der Waals surface area (Å²) in [7, 11) is 0. The van der Waals surface area contributed by atoms with E-state index in [9.17, 15) is 19.5 Å². The van der Waals surface area contributed by atoms with Crippen LogP contribution in [0.25, 0.3) is 0 Å². The Kier molecular flexibility index (Phi) is 5.39. The molecule has 2 atom stereocenters. The van der Waals surface area contributed by atoms with E-state index in [-0.39, 0.29) is 29.3 Å². The van der Waals surface area contributed by atoms with Crippen molar-refractivity contribution in [3.63, 3.8) is 0 Å². The van der Waals surface area contributed by atoms with Gasteiger partial charge in [-0.3, -0.25) is 14.5 Å². The molecule has 1 saturated heterocycles. The summed E-state index contributed by atoms with van der Waals surface area (Å²) < 4.78 is 0. The van der Waals surface area contributed by atoms with Gasteiger partial charge in [-0.15, -0.1) is 23.5 Å². The average molecular weight is 378 g/mol. The van der Waals surface area contributed by atoms with E-state index in [0.29, 0.717) is 10.7 Å². The second kappa shape index (κ2) is 7.53. The molecule has 6 nitrogen and oxygen atoms in total. The van der Waals surface area contributed by atoms with Crippen LogP contribution < -0.4 is 5.32 Å². The van der Waals surface area contributed by atoms with Gasteiger partial charge in [0.25, 0.3) is 5.91 Å². The molecule has 1 aromatic carbocycles. The molecule has 2 N–H and O–H groups in total. The molecule has 0 bridgehead atoms. The first-order chi connectivity index (χ1) is 12.0. The number of fused-ring (bicyclic) bond motifs is 1. The minimum atomic E-state index is -1.09. The Labute approximate surface area is 154 Å². The van der Waals surface area contributed by atoms with E-state index >= 15 is 0 Å². The van der Waals surface area contributed by atoms with Gasteiger partial charge < -0.3 is 10.4 Å². The average Bonchev–Trinajstić information content (AvgIpc) is 2.60. The van der Waals surface area contributed by atoms with E-state index in [4.69, 9.17) is 0 Å². The number of hydrogen-bond acceptors (Lipinski definition) is 5. The van der Waals surface area contributed by atoms with Crippen molar-refractivity contribution >= 4 is 41.3 Å². The summed E-state index contributed by atoms with van der Waals surface area (Å²) in [6.45, 7) is 1.94. The number of nitrogens with zero attached hydrogens (tertiary/aromatic N) is 1. The summed E-state index contributed by atoms with van der Waals surface area (Å²) in [4.78, 5) is 38.2. The van der Waals surface area contributed by atoms with Crippen molar-refractivity contribution in [1.82, 2.24) is 10.2 Å². The molecule has 0 saturated carbocycles. The molecule has 25 heavy (non-hydrogen) atoms. The lowest BCUT2D eigenvalue weighted by molar-refractivity contribution is -0.150. The minimum Gasteiger partial charge on any atom is -0.477 e. The summed E-state index contributed by atoms with van der Waals surface area (Å²) >= 11 is 2.93. The van der Waals surface area contributed by atoms with Gasteiger partial charge >= 0.3 is 5.97 Å². The molecule has 8 heteroatoms. The maximum absolute atomic E-state index is 12.4. The van der Waals surface area contributed by atoms with Crippen LogP contribution in [0.5, 0.6) is 0 Å². The van der Waals surface area contributed by atoms with Crippen molar-refractivity contribution in [2.75, 3.05) is 11.5 Å². The third-order valence-corrected chi connectivity index (χ3v) is 6.42. The third kappa shape index (κ3) is 3.55. The number of carboxylic acids is 1. The van der Waals surface area contributed by atoms with Crippen LogP contribution in [0.1, 0.15) is 12.5 Å². The second-order valence-corrected chi connectivity index (χ2v) is 8.09. The fourth-order valence-electron chi connectivity index (χ4n) is 2.88. The zero-order valence-corrected chi connectivity index (χ0v) is 15.2. The van der Waals surface area contributed by atoms with Crippen LogP contribution in [-0.2, 0) is 20.8 Å². The fraction of sp³-hybridized carbons (Fsp3) is 0.353. The fourth-order valence-corrected chi connectivity index (χ4v) is 5.28. The van der Waals surface area contributed by atoms with Crippen LogP contribution in [0.15, 0.2) is 40.9 Å². The number of carbonyl (C=O) groups is 3. The lowest BCUT2D eigenvalue weighted by atomic mass is 10.0. The summed E-state index contributed by atoms with van der Waals surface area (Å²) in [6, 6.07) is 8.62. The Hall–Kier alpha value is -1.93. The van der Waals surface area contributed by atoms with Gasteiger partial charge in [-0.2, -0.15) is 0 Å². The Morgan fingerprint density at radius 1 is 1.36 bits per heavy atom. The largest absolute Gasteiger partial charge is 0.477 e. The number of hydrogen-bond donors (Lipinski definition) is 2. The van der Waals surface area contributed by atoms with Crippen molar-refractivity contribution in [1.29, 1.82) is 0 Å². The standard InChI is InChI=1S/C17H18N2O4S2/c1-2-24-11-9-25-16-13(15(21)19(16)14(11)17(22)23)18-12(20)8-10-6-4-3-5-7-10/h3-7,13,16H,2,8-9H2,1H3,(H,18,20)(H,22,23)/t13?,16-/m1/s1. The van der Waals surface area contributed by atoms with Gasteiger partial charge in [0.1, 0.15) is 17.1 Å². The maximum atomic E-state index is 12.4. The minimum absolute atomic E-state index is 0.0640. The molecule has 132 valence electrons. The SMILES string of the molecule is CCSC1=C(C(=O)O)N2C(=O)C(NC(=O)Cc3ccccc3)[C@H]2SC1. The number of carbonyl (C=O) groups excluding carboxylic acids is 2. The lowest BCUT2D eigenvalue weighted by Gasteiger charge is -2.49. The maximum Gasteiger partial charge on any atom is 0.353 e. The molecule has 2 aliphatic rings. The number of thioether (sulfide) groups is 2. The Bertz CT molecular complexity index is 735. The van der Waals surface area contributed by atoms with E-state index in [1.54, 1.807) is 0 Å². The number of amides is 2. The van der Waals surface area contributed by atoms with Crippen LogP contribution in [0.4, 0.5) is 0 Å². The molecular weight excluding hydrogens is 360 g/mol. The lowest BCUT2D eigenvalue weighted by Crippen LogP contribution is -2.70. The van der Waals surface area contributed by atoms with Crippen LogP contribution in [0.2, 0.25) is 0 Å². The summed E-state index contributed by atoms with van der Waals surface area (Å²) in [6.07, 6.45) is 0.195. The van der Waals surface area contributed by atoms with Crippen LogP contribution in [0, 0.1) is 0 Å². The molecule has 0 aliphatic carbocycles. The highest BCUT2D eigenvalue weighted by Gasteiger charge is 2.54. The highest BCUT2D eigenvalue weighted by Crippen LogP contribution is 2.43. The normalized spacial score (nSPS) is 22.3. The molecular formula is C17H18N2O4S2. The first kappa shape index (κ1) is 17.9. The van der Waals surface area contributed by atoms with Crippen molar-refractivity contribution in [3.8, 4) is 0 Å². The number of carboxylic acid groups (broad SMARTS) is 1. The zero-order valence-electron chi connectivity index (χ0n) is 13.6. The molecule has 1 unspecified atom stereocenters. The molecule has 3 rings (SSSR count). The van der Waals surface area contributed by atoms with Gasteiger partial charge in [0, 0.05) is 10.7 Å². The first-order valence-electron chi connectivity index (χ1n) is 7.90. The van der Waals surface area contributed by atoms with Crippen LogP contribution in [0.3, 0.4) is 0 Å². The topological polar surface area (TPSA) is 86.7 Å². The smallest absolute Gasteiger partial charge is 0.353 e. The predicted molar refractivity (Wildman–Crippen MR) is 98.0 cm³/mol. The summed E-state index contributed by atoms with van der Waals surface area (Å²) in [5.41, 5.74) is 0.932. The van der Waals surface area contributed by atoms with Crippen LogP contribution in [-0.4, -0.2) is 50.7 Å². The zero-order chi connectivity index (χ0) is 18.0. The summed E-state index contributed by atoms with van der Waals surface area (Å²) in [5, 5.41) is 11.9. The first-order valence-corrected chi connectivity index (χ1v) is 9.93. The van der Waals surface area contributed by atoms with E-state index in [2.05, 4.69) is 5.32 Å². The number of rotatable bonds is 6. The predicted octanol–water partition coefficient (Wildman–Crippen LogP) is 1.68. The number of aliphatic carboxylic acids is 1. The molecule has 0 spiro atoms. The van der Waals surface area contributed by atoms with Gasteiger partial charge in [0.05, 0.1) is 6.42 Å². The third-order valence-electron chi connectivity index (χ3n) is 3.98. The Morgan fingerprint density at radius 2 is 2.08 bits per heavy atom. The molecule has 2 heterocycles. The Morgan fingerprint density at radius 3 is 2.72 bits per heavy atom. The molecule has 2 amide bonds. The van der Waals surface area contributed by atoms with Crippen LogP contribution >= 0.6 is 23.5 Å². The molecule has 1 aromatic rings. The molecule has 0 radical (unpaired) electrons. The van der Waals surface area contributed by atoms with E-state index in [0.717, 1.165) is 11.3 Å². The van der Waals surface area contributed by atoms with Gasteiger partial charge in [-0.1, -0.05) is 37.3 Å². The highest BCUT2D eigenvalue weighted by molar-refractivity contribution is 8.06. The number of nitrogens with one attached hydrogen (secondary N) is 1. The van der Waals surface area contributed by atoms with Crippen molar-refractivity contribution in [2.45, 2.75) is 24.8 Å². The monoisotopic (exact) mass is 378 g/mol. The van der Waals surface area contributed by atoms with Crippen molar-refractivity contribution in [2.24, 2.45) is 0 Å². The Balaban J connectivity index is 1.69. The van der Waals surface area contributed by atoms with Crippen molar-refractivity contribution < 1.29 is 19.5 Å². The summed E-state index contributed by atoms with van der Waals surface area (Å²) in [5.74, 6) is -0.399.